The number of aromatic nitrogens is 2. The summed E-state index contributed by atoms with van der Waals surface area (Å²) in [7, 11) is 0. The van der Waals surface area contributed by atoms with Crippen molar-refractivity contribution in [2.75, 3.05) is 6.61 Å². The molecule has 0 saturated carbocycles. The van der Waals surface area contributed by atoms with Crippen molar-refractivity contribution in [1.29, 1.82) is 0 Å². The lowest BCUT2D eigenvalue weighted by Gasteiger charge is -2.14. The molecule has 1 aromatic heterocycles. The number of imidazole rings is 1. The molecule has 0 unspecified atom stereocenters. The summed E-state index contributed by atoms with van der Waals surface area (Å²) >= 11 is 3.52. The first-order valence-electron chi connectivity index (χ1n) is 7.25. The van der Waals surface area contributed by atoms with Gasteiger partial charge in [-0.1, -0.05) is 29.8 Å². The van der Waals surface area contributed by atoms with E-state index in [2.05, 4.69) is 50.7 Å². The summed E-state index contributed by atoms with van der Waals surface area (Å²) in [6.07, 6.45) is 6.56. The van der Waals surface area contributed by atoms with Crippen LogP contribution in [0.25, 0.3) is 0 Å². The predicted octanol–water partition coefficient (Wildman–Crippen LogP) is 3.61. The third kappa shape index (κ3) is 5.52. The van der Waals surface area contributed by atoms with Gasteiger partial charge in [-0.3, -0.25) is 0 Å². The van der Waals surface area contributed by atoms with Crippen molar-refractivity contribution in [3.63, 3.8) is 0 Å². The average molecular weight is 352 g/mol. The number of rotatable bonds is 8. The van der Waals surface area contributed by atoms with Gasteiger partial charge in [-0.15, -0.1) is 0 Å². The van der Waals surface area contributed by atoms with Gasteiger partial charge < -0.3 is 14.6 Å². The zero-order valence-corrected chi connectivity index (χ0v) is 14.1. The molecule has 0 atom stereocenters. The van der Waals surface area contributed by atoms with Crippen molar-refractivity contribution >= 4 is 15.9 Å². The highest BCUT2D eigenvalue weighted by Gasteiger charge is 2.05. The van der Waals surface area contributed by atoms with Gasteiger partial charge in [0.15, 0.2) is 0 Å². The largest absolute Gasteiger partial charge is 0.493 e. The Hall–Kier alpha value is -1.33. The Morgan fingerprint density at radius 1 is 1.38 bits per heavy atom. The number of nitrogens with zero attached hydrogens (tertiary/aromatic N) is 2. The Bertz CT molecular complexity index is 540. The fourth-order valence-corrected chi connectivity index (χ4v) is 2.40. The lowest BCUT2D eigenvalue weighted by molar-refractivity contribution is 0.298. The molecule has 0 spiro atoms. The molecule has 0 aliphatic rings. The SMILES string of the molecule is CC(C)NCc1cc(Br)ccc1OCCCn1ccnc1. The molecule has 2 aromatic rings. The fraction of sp³-hybridized carbons (Fsp3) is 0.438. The van der Waals surface area contributed by atoms with Crippen LogP contribution < -0.4 is 10.1 Å². The van der Waals surface area contributed by atoms with Crippen LogP contribution in [0.3, 0.4) is 0 Å². The maximum absolute atomic E-state index is 5.93. The molecule has 0 fully saturated rings. The van der Waals surface area contributed by atoms with E-state index in [0.29, 0.717) is 12.6 Å². The van der Waals surface area contributed by atoms with Crippen molar-refractivity contribution < 1.29 is 4.74 Å². The first kappa shape index (κ1) is 16.0. The molecule has 0 bridgehead atoms. The zero-order chi connectivity index (χ0) is 15.1. The highest BCUT2D eigenvalue weighted by atomic mass is 79.9. The first-order valence-corrected chi connectivity index (χ1v) is 8.05. The molecule has 0 aliphatic carbocycles. The van der Waals surface area contributed by atoms with Crippen LogP contribution in [-0.2, 0) is 13.1 Å². The molecule has 114 valence electrons. The number of benzene rings is 1. The molecule has 0 saturated heterocycles. The third-order valence-electron chi connectivity index (χ3n) is 3.10. The smallest absolute Gasteiger partial charge is 0.123 e. The number of halogens is 1. The number of hydrogen-bond donors (Lipinski definition) is 1. The van der Waals surface area contributed by atoms with E-state index in [-0.39, 0.29) is 0 Å². The normalized spacial score (nSPS) is 11.0. The second kappa shape index (κ2) is 8.20. The van der Waals surface area contributed by atoms with Crippen LogP contribution >= 0.6 is 15.9 Å². The molecule has 1 N–H and O–H groups in total. The molecular formula is C16H22BrN3O. The molecule has 0 amide bonds. The summed E-state index contributed by atoms with van der Waals surface area (Å²) in [5, 5.41) is 3.43. The van der Waals surface area contributed by atoms with E-state index in [1.807, 2.05) is 24.7 Å². The Morgan fingerprint density at radius 2 is 2.24 bits per heavy atom. The standard InChI is InChI=1S/C16H22BrN3O/c1-13(2)19-11-14-10-15(17)4-5-16(14)21-9-3-7-20-8-6-18-12-20/h4-6,8,10,12-13,19H,3,7,9,11H2,1-2H3. The number of aryl methyl sites for hydroxylation is 1. The van der Waals surface area contributed by atoms with Gasteiger partial charge in [0, 0.05) is 41.6 Å². The molecule has 0 radical (unpaired) electrons. The minimum atomic E-state index is 0.457. The van der Waals surface area contributed by atoms with Crippen molar-refractivity contribution in [3.8, 4) is 5.75 Å². The fourth-order valence-electron chi connectivity index (χ4n) is 1.99. The van der Waals surface area contributed by atoms with Gasteiger partial charge in [0.25, 0.3) is 0 Å². The molecule has 1 heterocycles. The molecule has 21 heavy (non-hydrogen) atoms. The third-order valence-corrected chi connectivity index (χ3v) is 3.59. The van der Waals surface area contributed by atoms with Gasteiger partial charge in [-0.2, -0.15) is 0 Å². The minimum Gasteiger partial charge on any atom is -0.493 e. The van der Waals surface area contributed by atoms with E-state index in [1.54, 1.807) is 6.20 Å². The zero-order valence-electron chi connectivity index (χ0n) is 12.6. The summed E-state index contributed by atoms with van der Waals surface area (Å²) in [5.74, 6) is 0.956. The topological polar surface area (TPSA) is 39.1 Å². The second-order valence-electron chi connectivity index (χ2n) is 5.29. The van der Waals surface area contributed by atoms with Gasteiger partial charge in [0.1, 0.15) is 5.75 Å². The van der Waals surface area contributed by atoms with Crippen LogP contribution in [0.4, 0.5) is 0 Å². The lowest BCUT2D eigenvalue weighted by atomic mass is 10.2. The molecule has 0 aliphatic heterocycles. The van der Waals surface area contributed by atoms with Gasteiger partial charge in [-0.25, -0.2) is 4.98 Å². The van der Waals surface area contributed by atoms with E-state index in [9.17, 15) is 0 Å². The Morgan fingerprint density at radius 3 is 2.95 bits per heavy atom. The van der Waals surface area contributed by atoms with Crippen molar-refractivity contribution in [2.24, 2.45) is 0 Å². The maximum Gasteiger partial charge on any atom is 0.123 e. The van der Waals surface area contributed by atoms with E-state index < -0.39 is 0 Å². The van der Waals surface area contributed by atoms with E-state index in [4.69, 9.17) is 4.74 Å². The van der Waals surface area contributed by atoms with E-state index >= 15 is 0 Å². The summed E-state index contributed by atoms with van der Waals surface area (Å²) in [5.41, 5.74) is 1.18. The summed E-state index contributed by atoms with van der Waals surface area (Å²) < 4.78 is 9.07. The van der Waals surface area contributed by atoms with Crippen LogP contribution in [0.1, 0.15) is 25.8 Å². The van der Waals surface area contributed by atoms with Crippen LogP contribution in [0.2, 0.25) is 0 Å². The highest BCUT2D eigenvalue weighted by Crippen LogP contribution is 2.23. The summed E-state index contributed by atoms with van der Waals surface area (Å²) in [6.45, 7) is 6.73. The Balaban J connectivity index is 1.86. The summed E-state index contributed by atoms with van der Waals surface area (Å²) in [4.78, 5) is 4.03. The van der Waals surface area contributed by atoms with Gasteiger partial charge in [0.05, 0.1) is 12.9 Å². The molecule has 1 aromatic carbocycles. The number of nitrogens with one attached hydrogen (secondary N) is 1. The monoisotopic (exact) mass is 351 g/mol. The van der Waals surface area contributed by atoms with Crippen molar-refractivity contribution in [1.82, 2.24) is 14.9 Å². The minimum absolute atomic E-state index is 0.457. The molecule has 5 heteroatoms. The van der Waals surface area contributed by atoms with Crippen LogP contribution in [0.5, 0.6) is 5.75 Å². The molecular weight excluding hydrogens is 330 g/mol. The Labute approximate surface area is 134 Å². The second-order valence-corrected chi connectivity index (χ2v) is 6.21. The van der Waals surface area contributed by atoms with E-state index in [0.717, 1.165) is 29.7 Å². The predicted molar refractivity (Wildman–Crippen MR) is 88.5 cm³/mol. The molecule has 2 rings (SSSR count). The lowest BCUT2D eigenvalue weighted by Crippen LogP contribution is -2.22. The van der Waals surface area contributed by atoms with Crippen LogP contribution in [0, 0.1) is 0 Å². The maximum atomic E-state index is 5.93. The van der Waals surface area contributed by atoms with Crippen LogP contribution in [-0.4, -0.2) is 22.2 Å². The molecule has 4 nitrogen and oxygen atoms in total. The van der Waals surface area contributed by atoms with Crippen molar-refractivity contribution in [2.45, 2.75) is 39.4 Å². The summed E-state index contributed by atoms with van der Waals surface area (Å²) in [6, 6.07) is 6.61. The quantitative estimate of drug-likeness (QED) is 0.738. The van der Waals surface area contributed by atoms with Gasteiger partial charge in [-0.05, 0) is 24.6 Å². The first-order chi connectivity index (χ1) is 10.1. The Kier molecular flexibility index (Phi) is 6.26. The highest BCUT2D eigenvalue weighted by molar-refractivity contribution is 9.10. The van der Waals surface area contributed by atoms with E-state index in [1.165, 1.54) is 5.56 Å². The van der Waals surface area contributed by atoms with Gasteiger partial charge >= 0.3 is 0 Å². The number of hydrogen-bond acceptors (Lipinski definition) is 3. The number of ether oxygens (including phenoxy) is 1. The van der Waals surface area contributed by atoms with Gasteiger partial charge in [0.2, 0.25) is 0 Å². The van der Waals surface area contributed by atoms with Crippen LogP contribution in [0.15, 0.2) is 41.4 Å². The van der Waals surface area contributed by atoms with Crippen molar-refractivity contribution in [3.05, 3.63) is 47.0 Å². The average Bonchev–Trinajstić information content (AvgIpc) is 2.96.